The Bertz CT molecular complexity index is 375. The number of rotatable bonds is 7. The van der Waals surface area contributed by atoms with Crippen molar-refractivity contribution in [2.75, 3.05) is 6.54 Å². The standard InChI is InChI=1S/C15H23NO2/c1-12(2)6-3-4-9-16-15(18)11-13-7-5-8-14(17)10-13/h5,7-8,10,12,17H,3-4,6,9,11H2,1-2H3,(H,16,18). The second-order valence-corrected chi connectivity index (χ2v) is 5.09. The van der Waals surface area contributed by atoms with Crippen LogP contribution >= 0.6 is 0 Å². The summed E-state index contributed by atoms with van der Waals surface area (Å²) in [4.78, 5) is 11.6. The molecule has 0 atom stereocenters. The Morgan fingerprint density at radius 2 is 2.11 bits per heavy atom. The van der Waals surface area contributed by atoms with Crippen LogP contribution in [0.3, 0.4) is 0 Å². The first-order valence-corrected chi connectivity index (χ1v) is 6.62. The zero-order valence-electron chi connectivity index (χ0n) is 11.3. The first-order chi connectivity index (χ1) is 8.58. The third kappa shape index (κ3) is 6.28. The summed E-state index contributed by atoms with van der Waals surface area (Å²) in [6.07, 6.45) is 3.73. The molecule has 2 N–H and O–H groups in total. The van der Waals surface area contributed by atoms with Crippen LogP contribution in [0.4, 0.5) is 0 Å². The van der Waals surface area contributed by atoms with Gasteiger partial charge in [-0.3, -0.25) is 4.79 Å². The van der Waals surface area contributed by atoms with E-state index in [2.05, 4.69) is 19.2 Å². The molecule has 1 aromatic carbocycles. The summed E-state index contributed by atoms with van der Waals surface area (Å²) in [5.74, 6) is 0.954. The summed E-state index contributed by atoms with van der Waals surface area (Å²) in [6, 6.07) is 6.82. The van der Waals surface area contributed by atoms with E-state index in [-0.39, 0.29) is 11.7 Å². The second kappa shape index (κ2) is 7.75. The van der Waals surface area contributed by atoms with Crippen molar-refractivity contribution in [3.63, 3.8) is 0 Å². The van der Waals surface area contributed by atoms with Crippen LogP contribution in [0.5, 0.6) is 5.75 Å². The van der Waals surface area contributed by atoms with Gasteiger partial charge in [0.25, 0.3) is 0 Å². The lowest BCUT2D eigenvalue weighted by atomic mass is 10.1. The van der Waals surface area contributed by atoms with Crippen LogP contribution in [-0.2, 0) is 11.2 Å². The molecule has 0 heterocycles. The van der Waals surface area contributed by atoms with Gasteiger partial charge in [-0.25, -0.2) is 0 Å². The summed E-state index contributed by atoms with van der Waals surface area (Å²) in [5.41, 5.74) is 0.842. The minimum absolute atomic E-state index is 0.0187. The van der Waals surface area contributed by atoms with E-state index in [9.17, 15) is 9.90 Å². The van der Waals surface area contributed by atoms with Crippen LogP contribution < -0.4 is 5.32 Å². The molecule has 0 saturated carbocycles. The predicted molar refractivity (Wildman–Crippen MR) is 73.5 cm³/mol. The van der Waals surface area contributed by atoms with Crippen molar-refractivity contribution in [3.05, 3.63) is 29.8 Å². The normalized spacial score (nSPS) is 10.6. The highest BCUT2D eigenvalue weighted by molar-refractivity contribution is 5.78. The maximum absolute atomic E-state index is 11.6. The highest BCUT2D eigenvalue weighted by Crippen LogP contribution is 2.11. The molecule has 0 unspecified atom stereocenters. The van der Waals surface area contributed by atoms with Crippen molar-refractivity contribution in [2.24, 2.45) is 5.92 Å². The van der Waals surface area contributed by atoms with Gasteiger partial charge in [0.2, 0.25) is 5.91 Å². The predicted octanol–water partition coefficient (Wildman–Crippen LogP) is 2.88. The number of nitrogens with one attached hydrogen (secondary N) is 1. The van der Waals surface area contributed by atoms with E-state index >= 15 is 0 Å². The summed E-state index contributed by atoms with van der Waals surface area (Å²) < 4.78 is 0. The molecule has 0 aliphatic rings. The third-order valence-corrected chi connectivity index (χ3v) is 2.81. The summed E-state index contributed by atoms with van der Waals surface area (Å²) in [6.45, 7) is 5.16. The van der Waals surface area contributed by atoms with Crippen LogP contribution in [0.15, 0.2) is 24.3 Å². The van der Waals surface area contributed by atoms with Gasteiger partial charge in [0.15, 0.2) is 0 Å². The monoisotopic (exact) mass is 249 g/mol. The molecule has 0 aliphatic carbocycles. The first kappa shape index (κ1) is 14.6. The largest absolute Gasteiger partial charge is 0.508 e. The molecule has 18 heavy (non-hydrogen) atoms. The van der Waals surface area contributed by atoms with Gasteiger partial charge < -0.3 is 10.4 Å². The molecule has 1 rings (SSSR count). The van der Waals surface area contributed by atoms with Crippen LogP contribution in [-0.4, -0.2) is 17.6 Å². The van der Waals surface area contributed by atoms with Crippen LogP contribution in [0.1, 0.15) is 38.7 Å². The Morgan fingerprint density at radius 1 is 1.33 bits per heavy atom. The van der Waals surface area contributed by atoms with Gasteiger partial charge in [0.05, 0.1) is 6.42 Å². The SMILES string of the molecule is CC(C)CCCCNC(=O)Cc1cccc(O)c1. The maximum Gasteiger partial charge on any atom is 0.224 e. The fourth-order valence-electron chi connectivity index (χ4n) is 1.82. The molecular formula is C15H23NO2. The van der Waals surface area contributed by atoms with Crippen LogP contribution in [0, 0.1) is 5.92 Å². The van der Waals surface area contributed by atoms with Crippen LogP contribution in [0.2, 0.25) is 0 Å². The molecular weight excluding hydrogens is 226 g/mol. The zero-order valence-corrected chi connectivity index (χ0v) is 11.3. The fourth-order valence-corrected chi connectivity index (χ4v) is 1.82. The molecule has 100 valence electrons. The topological polar surface area (TPSA) is 49.3 Å². The molecule has 0 spiro atoms. The number of unbranched alkanes of at least 4 members (excludes halogenated alkanes) is 1. The molecule has 0 bridgehead atoms. The van der Waals surface area contributed by atoms with Gasteiger partial charge >= 0.3 is 0 Å². The Balaban J connectivity index is 2.18. The van der Waals surface area contributed by atoms with Crippen molar-refractivity contribution >= 4 is 5.91 Å². The van der Waals surface area contributed by atoms with E-state index in [0.717, 1.165) is 30.9 Å². The summed E-state index contributed by atoms with van der Waals surface area (Å²) >= 11 is 0. The molecule has 1 amide bonds. The van der Waals surface area contributed by atoms with Gasteiger partial charge in [-0.1, -0.05) is 38.8 Å². The lowest BCUT2D eigenvalue weighted by molar-refractivity contribution is -0.120. The van der Waals surface area contributed by atoms with Gasteiger partial charge in [0, 0.05) is 6.54 Å². The number of amides is 1. The van der Waals surface area contributed by atoms with Gasteiger partial charge in [-0.2, -0.15) is 0 Å². The fraction of sp³-hybridized carbons (Fsp3) is 0.533. The molecule has 1 aromatic rings. The van der Waals surface area contributed by atoms with E-state index < -0.39 is 0 Å². The van der Waals surface area contributed by atoms with Crippen LogP contribution in [0.25, 0.3) is 0 Å². The zero-order chi connectivity index (χ0) is 13.4. The average molecular weight is 249 g/mol. The third-order valence-electron chi connectivity index (χ3n) is 2.81. The lowest BCUT2D eigenvalue weighted by Gasteiger charge is -2.07. The molecule has 0 saturated heterocycles. The van der Waals surface area contributed by atoms with Crippen molar-refractivity contribution < 1.29 is 9.90 Å². The van der Waals surface area contributed by atoms with E-state index in [1.54, 1.807) is 18.2 Å². The van der Waals surface area contributed by atoms with Gasteiger partial charge in [-0.05, 0) is 30.0 Å². The Morgan fingerprint density at radius 3 is 2.78 bits per heavy atom. The number of phenols is 1. The minimum atomic E-state index is 0.0187. The first-order valence-electron chi connectivity index (χ1n) is 6.62. The Kier molecular flexibility index (Phi) is 6.26. The highest BCUT2D eigenvalue weighted by atomic mass is 16.3. The number of carbonyl (C=O) groups excluding carboxylic acids is 1. The lowest BCUT2D eigenvalue weighted by Crippen LogP contribution is -2.26. The number of benzene rings is 1. The maximum atomic E-state index is 11.6. The molecule has 3 nitrogen and oxygen atoms in total. The van der Waals surface area contributed by atoms with Crippen molar-refractivity contribution in [1.82, 2.24) is 5.32 Å². The summed E-state index contributed by atoms with van der Waals surface area (Å²) in [7, 11) is 0. The number of phenolic OH excluding ortho intramolecular Hbond substituents is 1. The van der Waals surface area contributed by atoms with E-state index in [0.29, 0.717) is 6.42 Å². The number of carbonyl (C=O) groups is 1. The number of hydrogen-bond acceptors (Lipinski definition) is 2. The van der Waals surface area contributed by atoms with Crippen molar-refractivity contribution in [3.8, 4) is 5.75 Å². The van der Waals surface area contributed by atoms with E-state index in [1.165, 1.54) is 6.42 Å². The van der Waals surface area contributed by atoms with Crippen molar-refractivity contribution in [1.29, 1.82) is 0 Å². The number of aromatic hydroxyl groups is 1. The summed E-state index contributed by atoms with van der Waals surface area (Å²) in [5, 5.41) is 12.2. The minimum Gasteiger partial charge on any atom is -0.508 e. The smallest absolute Gasteiger partial charge is 0.224 e. The van der Waals surface area contributed by atoms with Gasteiger partial charge in [0.1, 0.15) is 5.75 Å². The molecule has 0 fully saturated rings. The quantitative estimate of drug-likeness (QED) is 0.730. The highest BCUT2D eigenvalue weighted by Gasteiger charge is 2.03. The average Bonchev–Trinajstić information content (AvgIpc) is 2.28. The van der Waals surface area contributed by atoms with Crippen molar-refractivity contribution in [2.45, 2.75) is 39.5 Å². The van der Waals surface area contributed by atoms with E-state index in [1.807, 2.05) is 6.07 Å². The Hall–Kier alpha value is -1.51. The van der Waals surface area contributed by atoms with Gasteiger partial charge in [-0.15, -0.1) is 0 Å². The number of hydrogen-bond donors (Lipinski definition) is 2. The Labute approximate surface area is 109 Å². The molecule has 3 heteroatoms. The second-order valence-electron chi connectivity index (χ2n) is 5.09. The molecule has 0 aromatic heterocycles. The van der Waals surface area contributed by atoms with E-state index in [4.69, 9.17) is 0 Å². The molecule has 0 radical (unpaired) electrons. The molecule has 0 aliphatic heterocycles.